The lowest BCUT2D eigenvalue weighted by Gasteiger charge is -2.50. The monoisotopic (exact) mass is 795 g/mol. The van der Waals surface area contributed by atoms with Gasteiger partial charge in [-0.25, -0.2) is 0 Å². The normalized spacial score (nSPS) is 29.7. The Balaban J connectivity index is 1.61. The molecule has 0 aliphatic carbocycles. The summed E-state index contributed by atoms with van der Waals surface area (Å²) in [5, 5.41) is 57.0. The van der Waals surface area contributed by atoms with Gasteiger partial charge in [-0.3, -0.25) is 14.4 Å². The predicted molar refractivity (Wildman–Crippen MR) is 218 cm³/mol. The van der Waals surface area contributed by atoms with E-state index in [1.54, 1.807) is 81.5 Å². The molecule has 1 amide bonds. The fourth-order valence-corrected chi connectivity index (χ4v) is 6.99. The Morgan fingerprint density at radius 1 is 1.09 bits per heavy atom. The number of ether oxygens (including phenoxy) is 3. The Hall–Kier alpha value is -4.21. The van der Waals surface area contributed by atoms with Crippen LogP contribution in [0, 0.1) is 17.2 Å². The van der Waals surface area contributed by atoms with Gasteiger partial charge >= 0.3 is 0 Å². The summed E-state index contributed by atoms with van der Waals surface area (Å²) in [6.07, 6.45) is 14.6. The number of rotatable bonds is 17. The minimum absolute atomic E-state index is 0.0342. The number of hydrogen-bond donors (Lipinski definition) is 6. The van der Waals surface area contributed by atoms with Gasteiger partial charge in [-0.15, -0.1) is 0 Å². The van der Waals surface area contributed by atoms with Crippen LogP contribution in [0.4, 0.5) is 0 Å². The molecule has 0 spiro atoms. The number of carbonyl (C=O) groups excluding carboxylic acids is 2. The maximum absolute atomic E-state index is 13.4. The predicted octanol–water partition coefficient (Wildman–Crippen LogP) is 4.11. The van der Waals surface area contributed by atoms with E-state index < -0.39 is 88.7 Å². The van der Waals surface area contributed by atoms with Crippen LogP contribution in [0.15, 0.2) is 101 Å². The second-order valence-corrected chi connectivity index (χ2v) is 15.2. The smallest absolute Gasteiger partial charge is 0.265 e. The van der Waals surface area contributed by atoms with Crippen molar-refractivity contribution in [1.29, 1.82) is 0 Å². The van der Waals surface area contributed by atoms with E-state index in [1.165, 1.54) is 44.0 Å². The first kappa shape index (κ1) is 45.5. The van der Waals surface area contributed by atoms with Crippen LogP contribution in [-0.4, -0.2) is 104 Å². The van der Waals surface area contributed by atoms with E-state index in [1.807, 2.05) is 26.8 Å². The van der Waals surface area contributed by atoms with Gasteiger partial charge in [-0.05, 0) is 44.4 Å². The van der Waals surface area contributed by atoms with Gasteiger partial charge in [-0.1, -0.05) is 101 Å². The van der Waals surface area contributed by atoms with E-state index in [2.05, 4.69) is 5.32 Å². The number of pyridine rings is 1. The van der Waals surface area contributed by atoms with E-state index in [-0.39, 0.29) is 30.5 Å². The fraction of sp³-hybridized carbons (Fsp3) is 0.523. The average molecular weight is 796 g/mol. The number of amides is 1. The molecule has 0 radical (unpaired) electrons. The van der Waals surface area contributed by atoms with E-state index in [0.717, 1.165) is 5.57 Å². The zero-order valence-electron chi connectivity index (χ0n) is 35.5. The van der Waals surface area contributed by atoms with Crippen LogP contribution in [0.3, 0.4) is 0 Å². The third-order valence-electron chi connectivity index (χ3n) is 10.7. The Bertz CT molecular complexity index is 1880. The number of hydrogen-bond acceptors (Lipinski definition) is 11. The van der Waals surface area contributed by atoms with E-state index >= 15 is 0 Å². The minimum Gasteiger partial charge on any atom is -0.507 e. The van der Waals surface area contributed by atoms with Gasteiger partial charge in [-0.2, -0.15) is 0 Å². The first-order chi connectivity index (χ1) is 27.2. The first-order valence-corrected chi connectivity index (χ1v) is 19.2. The Labute approximate surface area is 337 Å². The third-order valence-corrected chi connectivity index (χ3v) is 10.7. The highest BCUT2D eigenvalue weighted by molar-refractivity contribution is 6.09. The molecular formula is C44H62N2O11. The van der Waals surface area contributed by atoms with Crippen LogP contribution in [0.2, 0.25) is 0 Å². The maximum atomic E-state index is 13.4. The van der Waals surface area contributed by atoms with Gasteiger partial charge < -0.3 is 49.6 Å². The van der Waals surface area contributed by atoms with Crippen molar-refractivity contribution in [3.05, 3.63) is 112 Å². The van der Waals surface area contributed by atoms with Crippen molar-refractivity contribution in [1.82, 2.24) is 9.88 Å². The highest BCUT2D eigenvalue weighted by Gasteiger charge is 2.54. The second-order valence-electron chi connectivity index (χ2n) is 15.2. The molecule has 1 aromatic heterocycles. The van der Waals surface area contributed by atoms with Gasteiger partial charge in [0, 0.05) is 46.0 Å². The Morgan fingerprint density at radius 3 is 2.42 bits per heavy atom. The van der Waals surface area contributed by atoms with E-state index in [0.29, 0.717) is 0 Å². The molecule has 0 saturated carbocycles. The highest BCUT2D eigenvalue weighted by Crippen LogP contribution is 2.44. The van der Waals surface area contributed by atoms with E-state index in [4.69, 9.17) is 15.6 Å². The van der Waals surface area contributed by atoms with E-state index in [9.17, 15) is 39.9 Å². The molecule has 3 rings (SSSR count). The maximum Gasteiger partial charge on any atom is 0.265 e. The number of aromatic hydroxyl groups is 1. The number of nitrogens with zero attached hydrogens (tertiary/aromatic N) is 1. The molecule has 57 heavy (non-hydrogen) atoms. The number of allylic oxidation sites excluding steroid dienone is 10. The molecule has 13 nitrogen and oxygen atoms in total. The SMILES string of the molecule is [2H][C@](CC)(C(=O)NC/C=C/C=C(\C)C(OC)C(C)C1OC(/C=C/C=C/C=C(\C)C(=O)c2c(O)ccn(C)c2=O)C(O)C1O)[C@]1(O)C[C@H](O)C(C)(C)[C@H](/C=C/C=C\C)O1. The number of aryl methyl sites for hydroxylation is 1. The van der Waals surface area contributed by atoms with Gasteiger partial charge in [0.05, 0.1) is 30.3 Å². The van der Waals surface area contributed by atoms with Crippen LogP contribution in [-0.2, 0) is 26.1 Å². The summed E-state index contributed by atoms with van der Waals surface area (Å²) in [7, 11) is 3.01. The van der Waals surface area contributed by atoms with Crippen LogP contribution in [0.1, 0.15) is 73.0 Å². The molecule has 0 aromatic carbocycles. The molecule has 2 saturated heterocycles. The molecular weight excluding hydrogens is 732 g/mol. The molecule has 1 aromatic rings. The molecule has 314 valence electrons. The largest absolute Gasteiger partial charge is 0.507 e. The van der Waals surface area contributed by atoms with Crippen molar-refractivity contribution < 1.29 is 50.7 Å². The highest BCUT2D eigenvalue weighted by atomic mass is 16.6. The summed E-state index contributed by atoms with van der Waals surface area (Å²) in [4.78, 5) is 38.5. The van der Waals surface area contributed by atoms with Crippen molar-refractivity contribution in [2.45, 2.75) is 110 Å². The number of nitrogens with one attached hydrogen (secondary N) is 1. The zero-order valence-corrected chi connectivity index (χ0v) is 34.5. The number of ketones is 1. The minimum atomic E-state index is -2.25. The van der Waals surface area contributed by atoms with Crippen molar-refractivity contribution in [2.24, 2.45) is 24.3 Å². The summed E-state index contributed by atoms with van der Waals surface area (Å²) in [5.41, 5.74) is -0.708. The number of carbonyl (C=O) groups is 2. The lowest BCUT2D eigenvalue weighted by molar-refractivity contribution is -0.314. The van der Waals surface area contributed by atoms with Crippen LogP contribution in [0.5, 0.6) is 5.75 Å². The standard InChI is InChI=1S/C44H62N2O11/c1-10-12-14-22-34-43(6,7)33(48)26-44(54,57-34)30(11-2)41(52)45-24-18-17-20-28(4)39(55-9)29(5)40-38(51)37(50)32(56-40)21-16-13-15-19-27(3)36(49)35-31(47)23-25-46(8)42(35)53/h10,12-23,25,29-30,32-34,37-40,47-48,50-51,54H,11,24,26H2,1-9H3,(H,45,52)/b12-10-,15-13+,18-17+,21-16+,22-14+,27-19+,28-20+/t29?,30-,32?,33-,34-,37?,38?,39?,40?,44-/m0/s1/i30D. The van der Waals surface area contributed by atoms with Crippen molar-refractivity contribution in [3.63, 3.8) is 0 Å². The molecule has 3 heterocycles. The second kappa shape index (κ2) is 21.0. The summed E-state index contributed by atoms with van der Waals surface area (Å²) >= 11 is 0. The molecule has 0 bridgehead atoms. The van der Waals surface area contributed by atoms with Gasteiger partial charge in [0.1, 0.15) is 29.6 Å². The van der Waals surface area contributed by atoms with Gasteiger partial charge in [0.25, 0.3) is 5.56 Å². The van der Waals surface area contributed by atoms with Crippen LogP contribution in [0.25, 0.3) is 0 Å². The molecule has 2 aliphatic heterocycles. The van der Waals surface area contributed by atoms with Crippen LogP contribution < -0.4 is 10.9 Å². The molecule has 2 fully saturated rings. The lowest BCUT2D eigenvalue weighted by atomic mass is 9.72. The fourth-order valence-electron chi connectivity index (χ4n) is 6.99. The molecule has 10 atom stereocenters. The Kier molecular flexibility index (Phi) is 16.7. The molecule has 13 heteroatoms. The number of aliphatic hydroxyl groups is 4. The quantitative estimate of drug-likeness (QED) is 0.0754. The number of methoxy groups -OCH3 is 1. The summed E-state index contributed by atoms with van der Waals surface area (Å²) in [6, 6.07) is 1.28. The lowest BCUT2D eigenvalue weighted by Crippen LogP contribution is -2.60. The summed E-state index contributed by atoms with van der Waals surface area (Å²) in [6.45, 7) is 12.3. The summed E-state index contributed by atoms with van der Waals surface area (Å²) < 4.78 is 28.1. The Morgan fingerprint density at radius 2 is 1.77 bits per heavy atom. The first-order valence-electron chi connectivity index (χ1n) is 19.7. The topological polar surface area (TPSA) is 197 Å². The van der Waals surface area contributed by atoms with Crippen molar-refractivity contribution in [2.75, 3.05) is 13.7 Å². The molecule has 6 N–H and O–H groups in total. The molecule has 2 aliphatic rings. The van der Waals surface area contributed by atoms with Crippen molar-refractivity contribution >= 4 is 11.7 Å². The van der Waals surface area contributed by atoms with Gasteiger partial charge in [0.2, 0.25) is 5.91 Å². The molecule has 6 unspecified atom stereocenters. The number of aromatic nitrogens is 1. The average Bonchev–Trinajstić information content (AvgIpc) is 3.46. The van der Waals surface area contributed by atoms with Gasteiger partial charge in [0.15, 0.2) is 11.6 Å². The zero-order chi connectivity index (χ0) is 43.6. The summed E-state index contributed by atoms with van der Waals surface area (Å²) in [5.74, 6) is -6.53. The number of aliphatic hydroxyl groups excluding tert-OH is 3. The van der Waals surface area contributed by atoms with Crippen LogP contribution >= 0.6 is 0 Å². The number of Topliss-reactive ketones (excluding diaryl/α,β-unsaturated/α-hetero) is 1. The third kappa shape index (κ3) is 11.5. The van der Waals surface area contributed by atoms with Crippen molar-refractivity contribution in [3.8, 4) is 5.75 Å².